The minimum Gasteiger partial charge on any atom is -0.162 e. The van der Waals surface area contributed by atoms with E-state index in [1.807, 2.05) is 0 Å². The van der Waals surface area contributed by atoms with E-state index >= 15 is 0 Å². The zero-order valence-electron chi connectivity index (χ0n) is 9.33. The Labute approximate surface area is 97.7 Å². The molecule has 1 aromatic carbocycles. The van der Waals surface area contributed by atoms with Crippen LogP contribution >= 0.6 is 11.1 Å². The SMILES string of the molecule is C[Si](C)(Cl)C1=CCC1Cc1ccccc1. The van der Waals surface area contributed by atoms with Crippen LogP contribution in [0.1, 0.15) is 12.0 Å². The quantitative estimate of drug-likeness (QED) is 0.546. The van der Waals surface area contributed by atoms with Crippen LogP contribution in [0.2, 0.25) is 13.1 Å². The minimum absolute atomic E-state index is 0.714. The number of allylic oxidation sites excluding steroid dienone is 2. The van der Waals surface area contributed by atoms with Crippen LogP contribution in [0.5, 0.6) is 0 Å². The third kappa shape index (κ3) is 2.53. The van der Waals surface area contributed by atoms with Crippen LogP contribution in [0.3, 0.4) is 0 Å². The number of hydrogen-bond donors (Lipinski definition) is 0. The second kappa shape index (κ2) is 4.15. The van der Waals surface area contributed by atoms with Crippen molar-refractivity contribution in [3.8, 4) is 0 Å². The monoisotopic (exact) mass is 236 g/mol. The molecule has 1 aliphatic carbocycles. The lowest BCUT2D eigenvalue weighted by Gasteiger charge is -2.34. The molecular formula is C13H17ClSi. The number of halogens is 1. The smallest absolute Gasteiger partial charge is 0.162 e. The van der Waals surface area contributed by atoms with E-state index in [0.29, 0.717) is 5.92 Å². The fourth-order valence-electron chi connectivity index (χ4n) is 2.22. The molecule has 0 fully saturated rings. The molecule has 0 saturated carbocycles. The molecule has 15 heavy (non-hydrogen) atoms. The normalized spacial score (nSPS) is 20.7. The summed E-state index contributed by atoms with van der Waals surface area (Å²) in [6.07, 6.45) is 4.72. The zero-order valence-corrected chi connectivity index (χ0v) is 11.1. The van der Waals surface area contributed by atoms with Crippen molar-refractivity contribution in [2.45, 2.75) is 25.9 Å². The molecule has 0 radical (unpaired) electrons. The summed E-state index contributed by atoms with van der Waals surface area (Å²) >= 11 is 6.47. The number of benzene rings is 1. The Morgan fingerprint density at radius 2 is 1.93 bits per heavy atom. The van der Waals surface area contributed by atoms with E-state index in [4.69, 9.17) is 11.1 Å². The predicted molar refractivity (Wildman–Crippen MR) is 69.7 cm³/mol. The summed E-state index contributed by atoms with van der Waals surface area (Å²) in [4.78, 5) is 0. The van der Waals surface area contributed by atoms with Crippen molar-refractivity contribution in [1.29, 1.82) is 0 Å². The second-order valence-electron chi connectivity index (χ2n) is 4.75. The summed E-state index contributed by atoms with van der Waals surface area (Å²) in [7, 11) is -1.56. The second-order valence-corrected chi connectivity index (χ2v) is 11.1. The molecule has 0 aliphatic heterocycles. The lowest BCUT2D eigenvalue weighted by molar-refractivity contribution is 0.587. The first-order valence-electron chi connectivity index (χ1n) is 5.51. The van der Waals surface area contributed by atoms with Crippen LogP contribution in [0.25, 0.3) is 0 Å². The largest absolute Gasteiger partial charge is 0.176 e. The van der Waals surface area contributed by atoms with Gasteiger partial charge in [0.05, 0.1) is 0 Å². The summed E-state index contributed by atoms with van der Waals surface area (Å²) in [5.41, 5.74) is 1.43. The van der Waals surface area contributed by atoms with Gasteiger partial charge < -0.3 is 0 Å². The van der Waals surface area contributed by atoms with Crippen molar-refractivity contribution in [1.82, 2.24) is 0 Å². The van der Waals surface area contributed by atoms with Gasteiger partial charge in [0.25, 0.3) is 0 Å². The van der Waals surface area contributed by atoms with Crippen molar-refractivity contribution in [3.63, 3.8) is 0 Å². The van der Waals surface area contributed by atoms with Gasteiger partial charge in [0.1, 0.15) is 0 Å². The van der Waals surface area contributed by atoms with Crippen molar-refractivity contribution >= 4 is 18.5 Å². The molecule has 0 aromatic heterocycles. The lowest BCUT2D eigenvalue weighted by atomic mass is 9.88. The Morgan fingerprint density at radius 1 is 1.27 bits per heavy atom. The predicted octanol–water partition coefficient (Wildman–Crippen LogP) is 4.16. The van der Waals surface area contributed by atoms with Gasteiger partial charge >= 0.3 is 0 Å². The van der Waals surface area contributed by atoms with Gasteiger partial charge in [0.2, 0.25) is 0 Å². The first kappa shape index (κ1) is 11.0. The van der Waals surface area contributed by atoms with Gasteiger partial charge in [-0.3, -0.25) is 0 Å². The third-order valence-electron chi connectivity index (χ3n) is 3.07. The maximum Gasteiger partial charge on any atom is 0.176 e. The van der Waals surface area contributed by atoms with Gasteiger partial charge in [0.15, 0.2) is 7.38 Å². The Kier molecular flexibility index (Phi) is 3.03. The van der Waals surface area contributed by atoms with Crippen molar-refractivity contribution < 1.29 is 0 Å². The van der Waals surface area contributed by atoms with Gasteiger partial charge in [0, 0.05) is 0 Å². The van der Waals surface area contributed by atoms with E-state index < -0.39 is 7.38 Å². The maximum atomic E-state index is 6.47. The summed E-state index contributed by atoms with van der Waals surface area (Å²) in [6, 6.07) is 10.7. The molecule has 1 aliphatic rings. The molecule has 0 amide bonds. The molecule has 80 valence electrons. The molecule has 0 saturated heterocycles. The summed E-state index contributed by atoms with van der Waals surface area (Å²) < 4.78 is 0. The number of hydrogen-bond acceptors (Lipinski definition) is 0. The highest BCUT2D eigenvalue weighted by atomic mass is 35.6. The molecule has 1 aromatic rings. The van der Waals surface area contributed by atoms with Crippen LogP contribution < -0.4 is 0 Å². The highest BCUT2D eigenvalue weighted by Crippen LogP contribution is 2.38. The van der Waals surface area contributed by atoms with E-state index in [9.17, 15) is 0 Å². The number of rotatable bonds is 3. The Balaban J connectivity index is 2.02. The topological polar surface area (TPSA) is 0 Å². The Bertz CT molecular complexity index is 362. The molecule has 2 heteroatoms. The molecule has 2 rings (SSSR count). The standard InChI is InChI=1S/C13H17ClSi/c1-15(2,14)13-9-8-12(13)10-11-6-4-3-5-7-11/h3-7,9,12H,8,10H2,1-2H3. The fraction of sp³-hybridized carbons (Fsp3) is 0.385. The lowest BCUT2D eigenvalue weighted by Crippen LogP contribution is -2.32. The van der Waals surface area contributed by atoms with Crippen molar-refractivity contribution in [2.75, 3.05) is 0 Å². The average molecular weight is 237 g/mol. The zero-order chi connectivity index (χ0) is 10.9. The van der Waals surface area contributed by atoms with Gasteiger partial charge in [-0.05, 0) is 24.3 Å². The minimum atomic E-state index is -1.56. The van der Waals surface area contributed by atoms with Crippen LogP contribution in [0.15, 0.2) is 41.6 Å². The van der Waals surface area contributed by atoms with Gasteiger partial charge in [-0.1, -0.05) is 54.7 Å². The van der Waals surface area contributed by atoms with E-state index in [2.05, 4.69) is 49.5 Å². The van der Waals surface area contributed by atoms with Crippen LogP contribution in [0.4, 0.5) is 0 Å². The average Bonchev–Trinajstić information content (AvgIpc) is 2.11. The molecule has 0 heterocycles. The maximum absolute atomic E-state index is 6.47. The summed E-state index contributed by atoms with van der Waals surface area (Å²) in [5, 5.41) is 1.55. The van der Waals surface area contributed by atoms with Gasteiger partial charge in [-0.15, -0.1) is 0 Å². The fourth-order valence-corrected chi connectivity index (χ4v) is 4.71. The first-order chi connectivity index (χ1) is 7.07. The van der Waals surface area contributed by atoms with Gasteiger partial charge in [-0.25, -0.2) is 0 Å². The van der Waals surface area contributed by atoms with E-state index in [1.165, 1.54) is 12.0 Å². The first-order valence-corrected chi connectivity index (χ1v) is 9.52. The van der Waals surface area contributed by atoms with Gasteiger partial charge in [-0.2, -0.15) is 11.1 Å². The van der Waals surface area contributed by atoms with Crippen molar-refractivity contribution in [2.24, 2.45) is 5.92 Å². The molecule has 1 unspecified atom stereocenters. The third-order valence-corrected chi connectivity index (χ3v) is 5.71. The highest BCUT2D eigenvalue weighted by molar-refractivity contribution is 7.23. The van der Waals surface area contributed by atoms with Crippen molar-refractivity contribution in [3.05, 3.63) is 47.2 Å². The van der Waals surface area contributed by atoms with E-state index in [1.54, 1.807) is 5.20 Å². The van der Waals surface area contributed by atoms with E-state index in [0.717, 1.165) is 6.42 Å². The molecular weight excluding hydrogens is 220 g/mol. The van der Waals surface area contributed by atoms with E-state index in [-0.39, 0.29) is 0 Å². The molecule has 0 N–H and O–H groups in total. The Hall–Kier alpha value is -0.533. The van der Waals surface area contributed by atoms with Crippen LogP contribution in [-0.2, 0) is 6.42 Å². The summed E-state index contributed by atoms with van der Waals surface area (Å²) in [6.45, 7) is 4.44. The Morgan fingerprint density at radius 3 is 2.40 bits per heavy atom. The highest BCUT2D eigenvalue weighted by Gasteiger charge is 2.34. The molecule has 0 spiro atoms. The molecule has 0 bridgehead atoms. The molecule has 0 nitrogen and oxygen atoms in total. The van der Waals surface area contributed by atoms with Crippen LogP contribution in [-0.4, -0.2) is 7.38 Å². The summed E-state index contributed by atoms with van der Waals surface area (Å²) in [5.74, 6) is 0.714. The van der Waals surface area contributed by atoms with Crippen LogP contribution in [0, 0.1) is 5.92 Å². The molecule has 1 atom stereocenters.